The van der Waals surface area contributed by atoms with Crippen LogP contribution in [0.1, 0.15) is 37.6 Å². The third-order valence-electron chi connectivity index (χ3n) is 4.42. The highest BCUT2D eigenvalue weighted by molar-refractivity contribution is 5.96. The fourth-order valence-corrected chi connectivity index (χ4v) is 3.10. The summed E-state index contributed by atoms with van der Waals surface area (Å²) in [7, 11) is 0. The predicted molar refractivity (Wildman–Crippen MR) is 103 cm³/mol. The number of urea groups is 1. The summed E-state index contributed by atoms with van der Waals surface area (Å²) >= 11 is 0. The molecule has 7 nitrogen and oxygen atoms in total. The Labute approximate surface area is 157 Å². The Morgan fingerprint density at radius 1 is 1.04 bits per heavy atom. The van der Waals surface area contributed by atoms with Gasteiger partial charge in [0.2, 0.25) is 0 Å². The molecule has 1 aliphatic heterocycles. The minimum atomic E-state index is -0.634. The SMILES string of the molecule is CC(C)(C)NC(=O)N1CCCN(C(=O)c2cc3ccccc3oc2=O)CC1. The second kappa shape index (κ2) is 7.42. The van der Waals surface area contributed by atoms with Crippen LogP contribution in [0.2, 0.25) is 0 Å². The number of benzene rings is 1. The summed E-state index contributed by atoms with van der Waals surface area (Å²) < 4.78 is 5.27. The number of nitrogens with one attached hydrogen (secondary N) is 1. The summed E-state index contributed by atoms with van der Waals surface area (Å²) in [6, 6.07) is 8.55. The summed E-state index contributed by atoms with van der Waals surface area (Å²) in [5.41, 5.74) is -0.463. The maximum Gasteiger partial charge on any atom is 0.349 e. The van der Waals surface area contributed by atoms with E-state index in [0.29, 0.717) is 43.6 Å². The van der Waals surface area contributed by atoms with Crippen LogP contribution in [0.25, 0.3) is 11.0 Å². The highest BCUT2D eigenvalue weighted by Gasteiger charge is 2.26. The van der Waals surface area contributed by atoms with Gasteiger partial charge in [0.05, 0.1) is 0 Å². The van der Waals surface area contributed by atoms with Crippen LogP contribution in [0.4, 0.5) is 4.79 Å². The predicted octanol–water partition coefficient (Wildman–Crippen LogP) is 2.45. The van der Waals surface area contributed by atoms with Crippen molar-refractivity contribution in [3.8, 4) is 0 Å². The van der Waals surface area contributed by atoms with Crippen LogP contribution >= 0.6 is 0 Å². The Hall–Kier alpha value is -2.83. The van der Waals surface area contributed by atoms with Gasteiger partial charge in [0.15, 0.2) is 0 Å². The highest BCUT2D eigenvalue weighted by atomic mass is 16.4. The van der Waals surface area contributed by atoms with Gasteiger partial charge >= 0.3 is 11.7 Å². The molecule has 2 aromatic rings. The number of para-hydroxylation sites is 1. The molecular weight excluding hydrogens is 346 g/mol. The molecule has 0 saturated carbocycles. The zero-order chi connectivity index (χ0) is 19.6. The molecule has 27 heavy (non-hydrogen) atoms. The topological polar surface area (TPSA) is 82.9 Å². The highest BCUT2D eigenvalue weighted by Crippen LogP contribution is 2.15. The fraction of sp³-hybridized carbons (Fsp3) is 0.450. The molecule has 0 aliphatic carbocycles. The molecule has 0 bridgehead atoms. The molecule has 7 heteroatoms. The Kier molecular flexibility index (Phi) is 5.21. The average molecular weight is 371 g/mol. The molecule has 1 aromatic carbocycles. The van der Waals surface area contributed by atoms with Gasteiger partial charge in [-0.25, -0.2) is 9.59 Å². The van der Waals surface area contributed by atoms with E-state index in [0.717, 1.165) is 0 Å². The van der Waals surface area contributed by atoms with Gasteiger partial charge in [-0.05, 0) is 39.3 Å². The van der Waals surface area contributed by atoms with Crippen LogP contribution in [0.15, 0.2) is 39.5 Å². The number of nitrogens with zero attached hydrogens (tertiary/aromatic N) is 2. The maximum atomic E-state index is 12.9. The van der Waals surface area contributed by atoms with Gasteiger partial charge in [-0.3, -0.25) is 4.79 Å². The van der Waals surface area contributed by atoms with Crippen LogP contribution < -0.4 is 10.9 Å². The Morgan fingerprint density at radius 2 is 1.70 bits per heavy atom. The van der Waals surface area contributed by atoms with Gasteiger partial charge in [0.1, 0.15) is 11.1 Å². The van der Waals surface area contributed by atoms with Gasteiger partial charge in [0, 0.05) is 37.1 Å². The van der Waals surface area contributed by atoms with Crippen molar-refractivity contribution in [1.29, 1.82) is 0 Å². The van der Waals surface area contributed by atoms with Crippen LogP contribution in [0, 0.1) is 0 Å². The van der Waals surface area contributed by atoms with Crippen molar-refractivity contribution in [3.05, 3.63) is 46.3 Å². The molecule has 0 unspecified atom stereocenters. The van der Waals surface area contributed by atoms with Crippen molar-refractivity contribution in [1.82, 2.24) is 15.1 Å². The van der Waals surface area contributed by atoms with E-state index in [1.165, 1.54) is 0 Å². The summed E-state index contributed by atoms with van der Waals surface area (Å²) in [5, 5.41) is 3.65. The number of amides is 3. The molecule has 2 heterocycles. The molecule has 1 fully saturated rings. The largest absolute Gasteiger partial charge is 0.422 e. The molecule has 0 atom stereocenters. The molecule has 0 radical (unpaired) electrons. The van der Waals surface area contributed by atoms with Crippen molar-refractivity contribution in [2.45, 2.75) is 32.7 Å². The van der Waals surface area contributed by atoms with Crippen molar-refractivity contribution in [2.75, 3.05) is 26.2 Å². The fourth-order valence-electron chi connectivity index (χ4n) is 3.10. The second-order valence-electron chi connectivity index (χ2n) is 7.80. The smallest absolute Gasteiger partial charge is 0.349 e. The summed E-state index contributed by atoms with van der Waals surface area (Å²) in [4.78, 5) is 40.8. The van der Waals surface area contributed by atoms with Gasteiger partial charge in [-0.15, -0.1) is 0 Å². The third kappa shape index (κ3) is 4.48. The first-order valence-electron chi connectivity index (χ1n) is 9.14. The number of carbonyl (C=O) groups is 2. The van der Waals surface area contributed by atoms with E-state index in [2.05, 4.69) is 5.32 Å². The van der Waals surface area contributed by atoms with Crippen LogP contribution in [-0.4, -0.2) is 53.5 Å². The van der Waals surface area contributed by atoms with Gasteiger partial charge < -0.3 is 19.5 Å². The van der Waals surface area contributed by atoms with Crippen molar-refractivity contribution in [2.24, 2.45) is 0 Å². The Bertz CT molecular complexity index is 913. The first-order valence-corrected chi connectivity index (χ1v) is 9.14. The molecule has 1 aromatic heterocycles. The average Bonchev–Trinajstić information content (AvgIpc) is 2.85. The van der Waals surface area contributed by atoms with E-state index in [-0.39, 0.29) is 23.0 Å². The standard InChI is InChI=1S/C20H25N3O4/c1-20(2,3)21-19(26)23-10-6-9-22(11-12-23)17(24)15-13-14-7-4-5-8-16(14)27-18(15)25/h4-5,7-8,13H,6,9-12H2,1-3H3,(H,21,26). The number of fused-ring (bicyclic) bond motifs is 1. The molecule has 3 rings (SSSR count). The van der Waals surface area contributed by atoms with Crippen LogP contribution in [0.5, 0.6) is 0 Å². The molecule has 1 N–H and O–H groups in total. The number of carbonyl (C=O) groups excluding carboxylic acids is 2. The lowest BCUT2D eigenvalue weighted by molar-refractivity contribution is 0.0758. The number of rotatable bonds is 1. The van der Waals surface area contributed by atoms with Gasteiger partial charge in [-0.2, -0.15) is 0 Å². The van der Waals surface area contributed by atoms with E-state index in [1.54, 1.807) is 34.1 Å². The van der Waals surface area contributed by atoms with E-state index in [9.17, 15) is 14.4 Å². The first kappa shape index (κ1) is 18.9. The van der Waals surface area contributed by atoms with E-state index < -0.39 is 5.63 Å². The molecular formula is C20H25N3O4. The normalized spacial score (nSPS) is 15.5. The Balaban J connectivity index is 1.74. The summed E-state index contributed by atoms with van der Waals surface area (Å²) in [6.45, 7) is 7.64. The van der Waals surface area contributed by atoms with Crippen molar-refractivity contribution >= 4 is 22.9 Å². The van der Waals surface area contributed by atoms with E-state index >= 15 is 0 Å². The maximum absolute atomic E-state index is 12.9. The van der Waals surface area contributed by atoms with Crippen molar-refractivity contribution < 1.29 is 14.0 Å². The minimum Gasteiger partial charge on any atom is -0.422 e. The number of hydrogen-bond acceptors (Lipinski definition) is 4. The molecule has 3 amide bonds. The molecule has 1 saturated heterocycles. The third-order valence-corrected chi connectivity index (χ3v) is 4.42. The monoisotopic (exact) mass is 371 g/mol. The Morgan fingerprint density at radius 3 is 2.44 bits per heavy atom. The zero-order valence-corrected chi connectivity index (χ0v) is 15.9. The van der Waals surface area contributed by atoms with Crippen LogP contribution in [-0.2, 0) is 0 Å². The van der Waals surface area contributed by atoms with E-state index in [4.69, 9.17) is 4.42 Å². The lowest BCUT2D eigenvalue weighted by atomic mass is 10.1. The summed E-state index contributed by atoms with van der Waals surface area (Å²) in [6.07, 6.45) is 0.655. The lowest BCUT2D eigenvalue weighted by Crippen LogP contribution is -2.49. The minimum absolute atomic E-state index is 0.0290. The second-order valence-corrected chi connectivity index (χ2v) is 7.80. The van der Waals surface area contributed by atoms with Crippen molar-refractivity contribution in [3.63, 3.8) is 0 Å². The molecule has 1 aliphatic rings. The molecule has 0 spiro atoms. The zero-order valence-electron chi connectivity index (χ0n) is 15.9. The lowest BCUT2D eigenvalue weighted by Gasteiger charge is -2.27. The van der Waals surface area contributed by atoms with Gasteiger partial charge in [0.25, 0.3) is 5.91 Å². The number of hydrogen-bond donors (Lipinski definition) is 1. The quantitative estimate of drug-likeness (QED) is 0.781. The molecule has 144 valence electrons. The van der Waals surface area contributed by atoms with Gasteiger partial charge in [-0.1, -0.05) is 18.2 Å². The van der Waals surface area contributed by atoms with Crippen LogP contribution in [0.3, 0.4) is 0 Å². The van der Waals surface area contributed by atoms with E-state index in [1.807, 2.05) is 26.8 Å². The first-order chi connectivity index (χ1) is 12.7. The summed E-state index contributed by atoms with van der Waals surface area (Å²) in [5.74, 6) is -0.354.